The van der Waals surface area contributed by atoms with Gasteiger partial charge in [-0.3, -0.25) is 0 Å². The molecule has 0 bridgehead atoms. The molecule has 0 unspecified atom stereocenters. The second kappa shape index (κ2) is 41.8. The van der Waals surface area contributed by atoms with Crippen LogP contribution in [0.2, 0.25) is 0 Å². The van der Waals surface area contributed by atoms with Crippen LogP contribution in [0.15, 0.2) is 72.8 Å². The first kappa shape index (κ1) is 118. The molecular formula is C132H174P6. The predicted octanol–water partition coefficient (Wildman–Crippen LogP) is 33.7. The SMILES string of the molecule is CC(C)(C)c1cc(C(C)(C)C)c(P2C#CC#CP(c3c(C(C)(C)C)cc(C(C)(C)C)cc3C(C)(C)C)C#CC#CP(c3c(C(C)(C)C)cc(C(C)(C)C)cc3C(C)(C)C)C#CC#CP(c3c(C(C)(C)C)cc(C(C)(C)C)cc3C(C)(C)C)C#CC#CP(c3c(C(C)(C)C)cc(C(C)(C)C)cc3C(C)(C)C)C#CC#CP(c3c(C(C)(C)C)cc(C(C)(C)C)cc3C(C)(C)C)C#CC#C2)c(C(C)(C)C)c1. The van der Waals surface area contributed by atoms with Gasteiger partial charge in [0.05, 0.1) is 47.5 Å². The molecular weight excluding hydrogens is 1770 g/mol. The van der Waals surface area contributed by atoms with Crippen molar-refractivity contribution in [3.8, 4) is 139 Å². The molecule has 1 aliphatic rings. The summed E-state index contributed by atoms with van der Waals surface area (Å²) in [5, 5.41) is 6.97. The van der Waals surface area contributed by atoms with Gasteiger partial charge in [0.2, 0.25) is 0 Å². The fourth-order valence-corrected chi connectivity index (χ4v) is 27.9. The van der Waals surface area contributed by atoms with Crippen molar-refractivity contribution in [3.63, 3.8) is 0 Å². The van der Waals surface area contributed by atoms with Crippen LogP contribution >= 0.6 is 47.5 Å². The molecule has 0 saturated carbocycles. The lowest BCUT2D eigenvalue weighted by Crippen LogP contribution is -2.31. The van der Waals surface area contributed by atoms with Gasteiger partial charge in [0, 0.05) is 31.8 Å². The van der Waals surface area contributed by atoms with Crippen molar-refractivity contribution in [2.45, 2.75) is 471 Å². The molecule has 0 atom stereocenters. The van der Waals surface area contributed by atoms with Gasteiger partial charge in [0.1, 0.15) is 0 Å². The minimum absolute atomic E-state index is 0.155. The van der Waals surface area contributed by atoms with Crippen LogP contribution in [-0.4, -0.2) is 0 Å². The van der Waals surface area contributed by atoms with Crippen molar-refractivity contribution in [2.75, 3.05) is 0 Å². The van der Waals surface area contributed by atoms with E-state index in [-0.39, 0.29) is 97.5 Å². The van der Waals surface area contributed by atoms with Gasteiger partial charge in [-0.2, -0.15) is 0 Å². The van der Waals surface area contributed by atoms with E-state index in [0.29, 0.717) is 0 Å². The molecule has 1 aliphatic heterocycles. The number of hydrogen-bond donors (Lipinski definition) is 0. The third-order valence-electron chi connectivity index (χ3n) is 25.3. The molecule has 0 fully saturated rings. The van der Waals surface area contributed by atoms with Crippen molar-refractivity contribution in [2.24, 2.45) is 0 Å². The van der Waals surface area contributed by atoms with Crippen molar-refractivity contribution in [3.05, 3.63) is 173 Å². The zero-order valence-corrected chi connectivity index (χ0v) is 102. The molecule has 0 aromatic heterocycles. The van der Waals surface area contributed by atoms with Crippen molar-refractivity contribution in [1.29, 1.82) is 0 Å². The third-order valence-corrected chi connectivity index (χ3v) is 34.9. The second-order valence-corrected chi connectivity index (χ2v) is 66.3. The molecule has 732 valence electrons. The summed E-state index contributed by atoms with van der Waals surface area (Å²) in [7, 11) is -9.82. The summed E-state index contributed by atoms with van der Waals surface area (Å²) in [6.45, 7) is 126. The first-order valence-electron chi connectivity index (χ1n) is 50.0. The smallest absolute Gasteiger partial charge is 0.0561 e. The molecule has 0 aliphatic carbocycles. The van der Waals surface area contributed by atoms with E-state index in [1.807, 2.05) is 0 Å². The lowest BCUT2D eigenvalue weighted by atomic mass is 9.75. The van der Waals surface area contributed by atoms with E-state index in [4.69, 9.17) is 0 Å². The summed E-state index contributed by atoms with van der Waals surface area (Å²) in [4.78, 5) is 0. The lowest BCUT2D eigenvalue weighted by Gasteiger charge is -2.34. The fourth-order valence-electron chi connectivity index (χ4n) is 16.6. The largest absolute Gasteiger partial charge is 0.0838 e. The molecule has 0 spiro atoms. The van der Waals surface area contributed by atoms with Crippen LogP contribution in [0, 0.1) is 139 Å². The van der Waals surface area contributed by atoms with Crippen LogP contribution in [-0.2, 0) is 97.5 Å². The highest BCUT2D eigenvalue weighted by atomic mass is 31.1. The zero-order valence-electron chi connectivity index (χ0n) is 96.6. The van der Waals surface area contributed by atoms with E-state index in [2.05, 4.69) is 586 Å². The molecule has 7 rings (SSSR count). The quantitative estimate of drug-likeness (QED) is 0.115. The normalized spacial score (nSPS) is 17.3. The second-order valence-electron chi connectivity index (χ2n) is 56.9. The van der Waals surface area contributed by atoms with E-state index in [1.165, 1.54) is 100 Å². The third kappa shape index (κ3) is 30.4. The Balaban J connectivity index is 1.93. The van der Waals surface area contributed by atoms with Gasteiger partial charge in [0.15, 0.2) is 0 Å². The summed E-state index contributed by atoms with van der Waals surface area (Å²) >= 11 is 0. The first-order chi connectivity index (χ1) is 61.9. The standard InChI is InChI=1S/C132H174P6/c1-115(2,3)91-79-97(121(19,20)21)109(98(80-91)122(22,23)24)133-67-55-57-69-134(110-99(123(25,26)27)81-92(116(4,5)6)82-100(110)124(28,29)30)71-59-61-73-136(112-103(127(37,38)39)85-94(118(10,11)12)86-104(112)128(40,41)42)75-63-65-77-138(114-107(131(49,50)51)89-96(120(16,17)18)90-108(114)132(52,53)54)78-66-64-76-137(113-105(129(43,44)45)87-95(119(13,14)15)88-106(113)130(46,47)48)74-62-60-72-135(70-58-56-68-133)111-101(125(31,32)33)83-93(117(7,8)9)84-102(111)126(34,35)36/h79-90H,1-54H3. The van der Waals surface area contributed by atoms with Gasteiger partial charge in [0.25, 0.3) is 0 Å². The van der Waals surface area contributed by atoms with Gasteiger partial charge in [-0.1, -0.05) is 447 Å². The van der Waals surface area contributed by atoms with Crippen LogP contribution in [0.3, 0.4) is 0 Å². The predicted molar refractivity (Wildman–Crippen MR) is 628 cm³/mol. The Bertz CT molecular complexity index is 5130. The summed E-state index contributed by atoms with van der Waals surface area (Å²) in [6, 6.07) is 29.4. The Hall–Kier alpha value is -7.38. The molecule has 0 N–H and O–H groups in total. The van der Waals surface area contributed by atoms with Gasteiger partial charge >= 0.3 is 0 Å². The minimum Gasteiger partial charge on any atom is -0.0561 e. The maximum Gasteiger partial charge on any atom is 0.0838 e. The Morgan fingerprint density at radius 2 is 0.174 bits per heavy atom. The van der Waals surface area contributed by atoms with Crippen molar-refractivity contribution in [1.82, 2.24) is 0 Å². The molecule has 0 radical (unpaired) electrons. The molecule has 0 saturated heterocycles. The molecule has 6 aromatic rings. The van der Waals surface area contributed by atoms with E-state index >= 15 is 0 Å². The maximum atomic E-state index is 3.93. The van der Waals surface area contributed by atoms with E-state index in [0.717, 1.165) is 31.8 Å². The van der Waals surface area contributed by atoms with E-state index in [1.54, 1.807) is 0 Å². The topological polar surface area (TPSA) is 0 Å². The Kier molecular flexibility index (Phi) is 35.6. The summed E-state index contributed by atoms with van der Waals surface area (Å²) < 4.78 is 0. The maximum absolute atomic E-state index is 3.93. The molecule has 138 heavy (non-hydrogen) atoms. The van der Waals surface area contributed by atoms with Crippen LogP contribution < -0.4 is 31.8 Å². The Morgan fingerprint density at radius 1 is 0.109 bits per heavy atom. The lowest BCUT2D eigenvalue weighted by molar-refractivity contribution is 0.553. The molecule has 0 nitrogen and oxygen atoms in total. The Morgan fingerprint density at radius 3 is 0.225 bits per heavy atom. The van der Waals surface area contributed by atoms with Crippen molar-refractivity contribution >= 4 is 79.4 Å². The highest BCUT2D eigenvalue weighted by molar-refractivity contribution is 7.77. The fraction of sp³-hybridized carbons (Fsp3) is 0.545. The van der Waals surface area contributed by atoms with Gasteiger partial charge in [-0.05, 0) is 337 Å². The van der Waals surface area contributed by atoms with Crippen LogP contribution in [0.4, 0.5) is 0 Å². The minimum atomic E-state index is -1.64. The summed E-state index contributed by atoms with van der Waals surface area (Å²) in [5.74, 6) is 43.7. The van der Waals surface area contributed by atoms with Gasteiger partial charge < -0.3 is 0 Å². The molecule has 0 amide bonds. The Labute approximate surface area is 856 Å². The average Bonchev–Trinajstić information content (AvgIpc) is 0.767. The zero-order chi connectivity index (χ0) is 106. The van der Waals surface area contributed by atoms with Crippen LogP contribution in [0.5, 0.6) is 0 Å². The molecule has 6 heteroatoms. The monoisotopic (exact) mass is 1950 g/mol. The van der Waals surface area contributed by atoms with E-state index < -0.39 is 47.5 Å². The summed E-state index contributed by atoms with van der Waals surface area (Å²) in [5.41, 5.74) is 64.8. The van der Waals surface area contributed by atoms with E-state index in [9.17, 15) is 0 Å². The molecule has 1 heterocycles. The highest BCUT2D eigenvalue weighted by Gasteiger charge is 2.41. The van der Waals surface area contributed by atoms with Crippen LogP contribution in [0.25, 0.3) is 0 Å². The van der Waals surface area contributed by atoms with Gasteiger partial charge in [-0.15, -0.1) is 0 Å². The highest BCUT2D eigenvalue weighted by Crippen LogP contribution is 2.52. The summed E-state index contributed by atoms with van der Waals surface area (Å²) in [6.07, 6.45) is 0. The van der Waals surface area contributed by atoms with Crippen molar-refractivity contribution < 1.29 is 0 Å². The number of hydrogen-bond acceptors (Lipinski definition) is 0. The van der Waals surface area contributed by atoms with Gasteiger partial charge in [-0.25, -0.2) is 0 Å². The molecule has 6 aromatic carbocycles. The average molecular weight is 1950 g/mol. The first-order valence-corrected chi connectivity index (χ1v) is 58.0. The number of benzene rings is 6. The van der Waals surface area contributed by atoms with Crippen LogP contribution in [0.1, 0.15) is 474 Å². The number of rotatable bonds is 6.